The minimum Gasteiger partial charge on any atom is -0.323 e. The fraction of sp³-hybridized carbons (Fsp3) is 0.583. The third-order valence-corrected chi connectivity index (χ3v) is 4.04. The Morgan fingerprint density at radius 3 is 2.81 bits per heavy atom. The van der Waals surface area contributed by atoms with E-state index < -0.39 is 0 Å². The standard InChI is InChI=1S/C12H17N3.ClH/c13-11-9-2-1-5-15-10(9)8-12(11)3-6-14-7-4-12;/h1-2,5,11,14H,3-4,6-8,13H2;1H. The Kier molecular flexibility index (Phi) is 3.19. The Labute approximate surface area is 102 Å². The van der Waals surface area contributed by atoms with E-state index in [1.54, 1.807) is 0 Å². The van der Waals surface area contributed by atoms with E-state index in [-0.39, 0.29) is 18.4 Å². The largest absolute Gasteiger partial charge is 0.323 e. The summed E-state index contributed by atoms with van der Waals surface area (Å²) < 4.78 is 0. The minimum absolute atomic E-state index is 0. The number of rotatable bonds is 0. The van der Waals surface area contributed by atoms with Crippen molar-refractivity contribution in [1.82, 2.24) is 10.3 Å². The van der Waals surface area contributed by atoms with Crippen LogP contribution < -0.4 is 11.1 Å². The molecule has 0 radical (unpaired) electrons. The normalized spacial score (nSPS) is 26.2. The zero-order valence-corrected chi connectivity index (χ0v) is 10.1. The molecule has 2 heterocycles. The summed E-state index contributed by atoms with van der Waals surface area (Å²) in [5.41, 5.74) is 9.19. The summed E-state index contributed by atoms with van der Waals surface area (Å²) in [6.45, 7) is 2.20. The molecule has 0 saturated carbocycles. The fourth-order valence-electron chi connectivity index (χ4n) is 3.07. The minimum atomic E-state index is 0. The van der Waals surface area contributed by atoms with Crippen molar-refractivity contribution in [2.45, 2.75) is 25.3 Å². The van der Waals surface area contributed by atoms with Crippen LogP contribution >= 0.6 is 12.4 Å². The van der Waals surface area contributed by atoms with Gasteiger partial charge in [-0.05, 0) is 49.4 Å². The summed E-state index contributed by atoms with van der Waals surface area (Å²) in [6, 6.07) is 4.34. The molecule has 1 aliphatic carbocycles. The maximum atomic E-state index is 6.39. The summed E-state index contributed by atoms with van der Waals surface area (Å²) in [4.78, 5) is 4.46. The highest BCUT2D eigenvalue weighted by Gasteiger charge is 2.45. The van der Waals surface area contributed by atoms with Gasteiger partial charge in [0.15, 0.2) is 0 Å². The lowest BCUT2D eigenvalue weighted by Crippen LogP contribution is -2.42. The molecule has 1 atom stereocenters. The second kappa shape index (κ2) is 4.32. The first kappa shape index (κ1) is 11.8. The molecular formula is C12H18ClN3. The molecule has 1 aromatic rings. The molecule has 0 bridgehead atoms. The van der Waals surface area contributed by atoms with Crippen molar-refractivity contribution in [3.8, 4) is 0 Å². The molecular weight excluding hydrogens is 222 g/mol. The van der Waals surface area contributed by atoms with Crippen LogP contribution in [0.2, 0.25) is 0 Å². The number of piperidine rings is 1. The van der Waals surface area contributed by atoms with E-state index in [2.05, 4.69) is 16.4 Å². The number of nitrogens with two attached hydrogens (primary N) is 1. The maximum Gasteiger partial charge on any atom is 0.0457 e. The average Bonchev–Trinajstić information content (AvgIpc) is 2.54. The van der Waals surface area contributed by atoms with Crippen LogP contribution in [0.4, 0.5) is 0 Å². The lowest BCUT2D eigenvalue weighted by Gasteiger charge is -2.37. The Hall–Kier alpha value is -0.640. The quantitative estimate of drug-likeness (QED) is 0.720. The molecule has 3 nitrogen and oxygen atoms in total. The van der Waals surface area contributed by atoms with Gasteiger partial charge in [-0.25, -0.2) is 0 Å². The number of pyridine rings is 1. The van der Waals surface area contributed by atoms with Crippen LogP contribution in [0.5, 0.6) is 0 Å². The Balaban J connectivity index is 0.000000963. The number of nitrogens with one attached hydrogen (secondary N) is 1. The molecule has 4 heteroatoms. The van der Waals surface area contributed by atoms with Gasteiger partial charge >= 0.3 is 0 Å². The molecule has 16 heavy (non-hydrogen) atoms. The lowest BCUT2D eigenvalue weighted by molar-refractivity contribution is 0.173. The van der Waals surface area contributed by atoms with Gasteiger partial charge in [0.2, 0.25) is 0 Å². The molecule has 1 fully saturated rings. The van der Waals surface area contributed by atoms with E-state index in [9.17, 15) is 0 Å². The zero-order valence-electron chi connectivity index (χ0n) is 9.28. The maximum absolute atomic E-state index is 6.39. The van der Waals surface area contributed by atoms with Gasteiger partial charge in [0.1, 0.15) is 0 Å². The predicted octanol–water partition coefficient (Wildman–Crippen LogP) is 1.43. The van der Waals surface area contributed by atoms with Gasteiger partial charge in [-0.3, -0.25) is 4.98 Å². The molecule has 2 aliphatic rings. The SMILES string of the molecule is Cl.NC1c2cccnc2CC12CCNCC2. The highest BCUT2D eigenvalue weighted by molar-refractivity contribution is 5.85. The van der Waals surface area contributed by atoms with Crippen LogP contribution in [0.25, 0.3) is 0 Å². The topological polar surface area (TPSA) is 50.9 Å². The highest BCUT2D eigenvalue weighted by atomic mass is 35.5. The van der Waals surface area contributed by atoms with Crippen molar-refractivity contribution in [2.24, 2.45) is 11.1 Å². The molecule has 1 aromatic heterocycles. The summed E-state index contributed by atoms with van der Waals surface area (Å²) in [5, 5.41) is 3.41. The Bertz CT molecular complexity index is 374. The van der Waals surface area contributed by atoms with Gasteiger partial charge in [-0.15, -0.1) is 12.4 Å². The first-order chi connectivity index (χ1) is 7.32. The third-order valence-electron chi connectivity index (χ3n) is 4.04. The number of halogens is 1. The molecule has 1 spiro atoms. The van der Waals surface area contributed by atoms with Crippen molar-refractivity contribution in [3.05, 3.63) is 29.6 Å². The van der Waals surface area contributed by atoms with Crippen molar-refractivity contribution < 1.29 is 0 Å². The number of hydrogen-bond donors (Lipinski definition) is 2. The van der Waals surface area contributed by atoms with E-state index in [0.717, 1.165) is 19.5 Å². The van der Waals surface area contributed by atoms with Crippen LogP contribution in [0, 0.1) is 5.41 Å². The molecule has 0 amide bonds. The monoisotopic (exact) mass is 239 g/mol. The zero-order chi connectivity index (χ0) is 10.3. The number of aromatic nitrogens is 1. The second-order valence-corrected chi connectivity index (χ2v) is 4.81. The van der Waals surface area contributed by atoms with Gasteiger partial charge in [0.05, 0.1) is 0 Å². The van der Waals surface area contributed by atoms with Gasteiger partial charge < -0.3 is 11.1 Å². The molecule has 1 aliphatic heterocycles. The van der Waals surface area contributed by atoms with Gasteiger partial charge in [-0.1, -0.05) is 6.07 Å². The predicted molar refractivity (Wildman–Crippen MR) is 66.7 cm³/mol. The smallest absolute Gasteiger partial charge is 0.0457 e. The van der Waals surface area contributed by atoms with Crippen LogP contribution in [0.1, 0.15) is 30.1 Å². The molecule has 3 rings (SSSR count). The Morgan fingerprint density at radius 1 is 1.38 bits per heavy atom. The van der Waals surface area contributed by atoms with Crippen molar-refractivity contribution in [2.75, 3.05) is 13.1 Å². The van der Waals surface area contributed by atoms with E-state index in [1.807, 2.05) is 12.3 Å². The summed E-state index contributed by atoms with van der Waals surface area (Å²) >= 11 is 0. The van der Waals surface area contributed by atoms with Crippen LogP contribution in [-0.4, -0.2) is 18.1 Å². The molecule has 0 aromatic carbocycles. The van der Waals surface area contributed by atoms with Crippen LogP contribution in [0.3, 0.4) is 0 Å². The first-order valence-corrected chi connectivity index (χ1v) is 5.72. The molecule has 1 unspecified atom stereocenters. The van der Waals surface area contributed by atoms with Gasteiger partial charge in [0.25, 0.3) is 0 Å². The van der Waals surface area contributed by atoms with Gasteiger partial charge in [0, 0.05) is 17.9 Å². The number of nitrogens with zero attached hydrogens (tertiary/aromatic N) is 1. The highest BCUT2D eigenvalue weighted by Crippen LogP contribution is 2.48. The summed E-state index contributed by atoms with van der Waals surface area (Å²) in [5.74, 6) is 0. The van der Waals surface area contributed by atoms with Gasteiger partial charge in [-0.2, -0.15) is 0 Å². The lowest BCUT2D eigenvalue weighted by atomic mass is 9.74. The molecule has 3 N–H and O–H groups in total. The van der Waals surface area contributed by atoms with Crippen LogP contribution in [-0.2, 0) is 6.42 Å². The third kappa shape index (κ3) is 1.63. The number of hydrogen-bond acceptors (Lipinski definition) is 3. The van der Waals surface area contributed by atoms with E-state index in [0.29, 0.717) is 5.41 Å². The average molecular weight is 240 g/mol. The molecule has 1 saturated heterocycles. The second-order valence-electron chi connectivity index (χ2n) is 4.81. The molecule has 88 valence electrons. The fourth-order valence-corrected chi connectivity index (χ4v) is 3.07. The van der Waals surface area contributed by atoms with E-state index >= 15 is 0 Å². The summed E-state index contributed by atoms with van der Waals surface area (Å²) in [7, 11) is 0. The first-order valence-electron chi connectivity index (χ1n) is 5.72. The van der Waals surface area contributed by atoms with E-state index in [1.165, 1.54) is 24.1 Å². The number of fused-ring (bicyclic) bond motifs is 1. The van der Waals surface area contributed by atoms with Crippen molar-refractivity contribution in [1.29, 1.82) is 0 Å². The van der Waals surface area contributed by atoms with Crippen molar-refractivity contribution >= 4 is 12.4 Å². The van der Waals surface area contributed by atoms with E-state index in [4.69, 9.17) is 5.73 Å². The van der Waals surface area contributed by atoms with Crippen molar-refractivity contribution in [3.63, 3.8) is 0 Å². The summed E-state index contributed by atoms with van der Waals surface area (Å²) in [6.07, 6.45) is 5.33. The van der Waals surface area contributed by atoms with Crippen LogP contribution in [0.15, 0.2) is 18.3 Å². The Morgan fingerprint density at radius 2 is 2.12 bits per heavy atom.